The van der Waals surface area contributed by atoms with Crippen LogP contribution in [0, 0.1) is 17.8 Å². The van der Waals surface area contributed by atoms with E-state index in [4.69, 9.17) is 9.47 Å². The molecule has 2 bridgehead atoms. The Hall–Kier alpha value is -2.97. The molecule has 3 unspecified atom stereocenters. The minimum Gasteiger partial charge on any atom is -0.465 e. The van der Waals surface area contributed by atoms with Crippen LogP contribution < -0.4 is 0 Å². The highest BCUT2D eigenvalue weighted by molar-refractivity contribution is 5.98. The fraction of sp³-hybridized carbons (Fsp3) is 0.567. The molecule has 4 rings (SSSR count). The van der Waals surface area contributed by atoms with Gasteiger partial charge in [-0.25, -0.2) is 0 Å². The van der Waals surface area contributed by atoms with Crippen LogP contribution in [0.1, 0.15) is 45.6 Å². The Bertz CT molecular complexity index is 1070. The Morgan fingerprint density at radius 2 is 2.00 bits per heavy atom. The number of carbonyl (C=O) groups is 3. The van der Waals surface area contributed by atoms with Crippen molar-refractivity contribution >= 4 is 17.8 Å². The Morgan fingerprint density at radius 1 is 1.29 bits per heavy atom. The molecular formula is C30H40N2O6. The first-order valence-electron chi connectivity index (χ1n) is 13.5. The maximum atomic E-state index is 14.5. The van der Waals surface area contributed by atoms with Gasteiger partial charge in [-0.15, -0.1) is 13.2 Å². The van der Waals surface area contributed by atoms with E-state index in [9.17, 15) is 19.5 Å². The highest BCUT2D eigenvalue weighted by Gasteiger charge is 2.80. The predicted molar refractivity (Wildman–Crippen MR) is 143 cm³/mol. The van der Waals surface area contributed by atoms with Gasteiger partial charge in [0.1, 0.15) is 17.6 Å². The molecule has 206 valence electrons. The number of aliphatic hydroxyl groups excluding tert-OH is 1. The van der Waals surface area contributed by atoms with Gasteiger partial charge in [-0.05, 0) is 37.7 Å². The summed E-state index contributed by atoms with van der Waals surface area (Å²) in [5.74, 6) is -2.88. The van der Waals surface area contributed by atoms with Gasteiger partial charge in [0.05, 0.1) is 30.8 Å². The lowest BCUT2D eigenvalue weighted by Crippen LogP contribution is -2.58. The van der Waals surface area contributed by atoms with E-state index in [1.165, 1.54) is 4.90 Å². The highest BCUT2D eigenvalue weighted by atomic mass is 16.6. The summed E-state index contributed by atoms with van der Waals surface area (Å²) in [4.78, 5) is 45.3. The molecule has 7 atom stereocenters. The van der Waals surface area contributed by atoms with E-state index in [2.05, 4.69) is 13.2 Å². The Kier molecular flexibility index (Phi) is 8.14. The fourth-order valence-electron chi connectivity index (χ4n) is 6.82. The monoisotopic (exact) mass is 524 g/mol. The molecule has 3 saturated heterocycles. The first kappa shape index (κ1) is 28.0. The Morgan fingerprint density at radius 3 is 2.61 bits per heavy atom. The lowest BCUT2D eigenvalue weighted by atomic mass is 9.62. The molecule has 3 aliphatic heterocycles. The number of benzene rings is 1. The molecule has 3 aliphatic rings. The van der Waals surface area contributed by atoms with Crippen molar-refractivity contribution in [2.24, 2.45) is 17.8 Å². The molecule has 1 aromatic rings. The smallest absolute Gasteiger partial charge is 0.312 e. The number of amides is 2. The van der Waals surface area contributed by atoms with Gasteiger partial charge in [-0.3, -0.25) is 14.4 Å². The molecule has 2 amide bonds. The van der Waals surface area contributed by atoms with Crippen LogP contribution in [0.4, 0.5) is 0 Å². The number of nitrogens with zero attached hydrogens (tertiary/aromatic N) is 2. The standard InChI is InChI=1S/C30H40N2O6/c1-6-9-16-37-28(36)24-23-26(34)32(22(8-3)19-33)25(30(23)17-20(4)29(24,5)38-30)27(35)31(15-7-2)18-21-13-11-10-12-14-21/h6-7,10-14,20,22-25,33H,1-2,8-9,15-19H2,3-5H3/t20?,22-,23-,24-,25?,29+,30?/m0/s1. The molecule has 3 heterocycles. The molecule has 38 heavy (non-hydrogen) atoms. The summed E-state index contributed by atoms with van der Waals surface area (Å²) in [7, 11) is 0. The molecule has 8 nitrogen and oxygen atoms in total. The van der Waals surface area contributed by atoms with Gasteiger partial charge in [-0.2, -0.15) is 0 Å². The van der Waals surface area contributed by atoms with E-state index in [-0.39, 0.29) is 37.5 Å². The zero-order chi connectivity index (χ0) is 27.7. The minimum absolute atomic E-state index is 0.0880. The van der Waals surface area contributed by atoms with Gasteiger partial charge < -0.3 is 24.4 Å². The van der Waals surface area contributed by atoms with E-state index >= 15 is 0 Å². The third-order valence-corrected chi connectivity index (χ3v) is 8.76. The number of likely N-dealkylation sites (tertiary alicyclic amines) is 1. The van der Waals surface area contributed by atoms with Gasteiger partial charge in [0.2, 0.25) is 11.8 Å². The normalized spacial score (nSPS) is 32.1. The summed E-state index contributed by atoms with van der Waals surface area (Å²) in [5, 5.41) is 10.3. The van der Waals surface area contributed by atoms with Gasteiger partial charge in [-0.1, -0.05) is 56.3 Å². The van der Waals surface area contributed by atoms with Crippen LogP contribution in [-0.2, 0) is 30.4 Å². The number of aliphatic hydroxyl groups is 1. The molecular weight excluding hydrogens is 484 g/mol. The van der Waals surface area contributed by atoms with Gasteiger partial charge in [0.15, 0.2) is 0 Å². The van der Waals surface area contributed by atoms with Crippen LogP contribution in [0.3, 0.4) is 0 Å². The van der Waals surface area contributed by atoms with Crippen LogP contribution in [0.2, 0.25) is 0 Å². The number of hydrogen-bond acceptors (Lipinski definition) is 6. The first-order chi connectivity index (χ1) is 18.2. The quantitative estimate of drug-likeness (QED) is 0.256. The lowest BCUT2D eigenvalue weighted by Gasteiger charge is -2.39. The highest BCUT2D eigenvalue weighted by Crippen LogP contribution is 2.65. The SMILES string of the molecule is C=CCCOC(=O)[C@@H]1[C@H]2C(=O)N([C@@H](CC)CO)C(C(=O)N(CC=C)Cc3ccccc3)C23CC(C)[C@@]1(C)O3. The minimum atomic E-state index is -1.19. The summed E-state index contributed by atoms with van der Waals surface area (Å²) >= 11 is 0. The third kappa shape index (κ3) is 4.37. The first-order valence-corrected chi connectivity index (χ1v) is 13.5. The van der Waals surface area contributed by atoms with Crippen molar-refractivity contribution in [1.29, 1.82) is 0 Å². The van der Waals surface area contributed by atoms with E-state index in [0.29, 0.717) is 25.8 Å². The molecule has 1 N–H and O–H groups in total. The van der Waals surface area contributed by atoms with Crippen LogP contribution in [0.25, 0.3) is 0 Å². The largest absolute Gasteiger partial charge is 0.465 e. The molecule has 3 fully saturated rings. The molecule has 0 radical (unpaired) electrons. The average molecular weight is 525 g/mol. The molecule has 8 heteroatoms. The maximum Gasteiger partial charge on any atom is 0.312 e. The lowest BCUT2D eigenvalue weighted by molar-refractivity contribution is -0.163. The van der Waals surface area contributed by atoms with Gasteiger partial charge in [0, 0.05) is 13.1 Å². The Balaban J connectivity index is 1.78. The number of carbonyl (C=O) groups excluding carboxylic acids is 3. The molecule has 1 spiro atoms. The topological polar surface area (TPSA) is 96.4 Å². The van der Waals surface area contributed by atoms with E-state index < -0.39 is 41.1 Å². The summed E-state index contributed by atoms with van der Waals surface area (Å²) in [6.07, 6.45) is 4.74. The van der Waals surface area contributed by atoms with Crippen molar-refractivity contribution in [3.8, 4) is 0 Å². The Labute approximate surface area is 225 Å². The number of fused-ring (bicyclic) bond motifs is 1. The zero-order valence-corrected chi connectivity index (χ0v) is 22.7. The van der Waals surface area contributed by atoms with Crippen molar-refractivity contribution in [3.05, 3.63) is 61.2 Å². The van der Waals surface area contributed by atoms with Crippen LogP contribution in [0.15, 0.2) is 55.6 Å². The second-order valence-corrected chi connectivity index (χ2v) is 10.9. The zero-order valence-electron chi connectivity index (χ0n) is 22.7. The molecule has 1 aromatic carbocycles. The third-order valence-electron chi connectivity index (χ3n) is 8.76. The summed E-state index contributed by atoms with van der Waals surface area (Å²) in [6.45, 7) is 13.7. The number of rotatable bonds is 12. The second-order valence-electron chi connectivity index (χ2n) is 10.9. The summed E-state index contributed by atoms with van der Waals surface area (Å²) < 4.78 is 12.3. The molecule has 0 aliphatic carbocycles. The fourth-order valence-corrected chi connectivity index (χ4v) is 6.82. The average Bonchev–Trinajstić information content (AvgIpc) is 3.42. The summed E-state index contributed by atoms with van der Waals surface area (Å²) in [6, 6.07) is 8.08. The van der Waals surface area contributed by atoms with E-state index in [1.807, 2.05) is 51.1 Å². The number of hydrogen-bond donors (Lipinski definition) is 1. The predicted octanol–water partition coefficient (Wildman–Crippen LogP) is 3.10. The van der Waals surface area contributed by atoms with E-state index in [0.717, 1.165) is 5.56 Å². The van der Waals surface area contributed by atoms with Crippen molar-refractivity contribution in [2.45, 2.75) is 69.9 Å². The summed E-state index contributed by atoms with van der Waals surface area (Å²) in [5.41, 5.74) is -1.19. The second kappa shape index (κ2) is 11.0. The number of esters is 1. The van der Waals surface area contributed by atoms with Crippen molar-refractivity contribution in [2.75, 3.05) is 19.8 Å². The maximum absolute atomic E-state index is 14.5. The van der Waals surface area contributed by atoms with Crippen LogP contribution in [0.5, 0.6) is 0 Å². The van der Waals surface area contributed by atoms with Gasteiger partial charge >= 0.3 is 5.97 Å². The van der Waals surface area contributed by atoms with Crippen molar-refractivity contribution < 1.29 is 29.0 Å². The molecule has 0 aromatic heterocycles. The molecule has 0 saturated carbocycles. The van der Waals surface area contributed by atoms with Crippen LogP contribution >= 0.6 is 0 Å². The number of ether oxygens (including phenoxy) is 2. The van der Waals surface area contributed by atoms with Crippen LogP contribution in [-0.4, -0.2) is 75.7 Å². The van der Waals surface area contributed by atoms with Gasteiger partial charge in [0.25, 0.3) is 0 Å². The van der Waals surface area contributed by atoms with Crippen molar-refractivity contribution in [1.82, 2.24) is 9.80 Å². The van der Waals surface area contributed by atoms with Crippen molar-refractivity contribution in [3.63, 3.8) is 0 Å². The van der Waals surface area contributed by atoms with E-state index in [1.54, 1.807) is 17.1 Å².